The maximum atomic E-state index is 5.71. The summed E-state index contributed by atoms with van der Waals surface area (Å²) in [7, 11) is 6.14. The first-order valence-electron chi connectivity index (χ1n) is 8.47. The minimum absolute atomic E-state index is 0.435. The largest absolute Gasteiger partial charge is 0.496 e. The zero-order chi connectivity index (χ0) is 15.9. The molecule has 2 aliphatic carbocycles. The normalized spacial score (nSPS) is 22.7. The number of ether oxygens (including phenoxy) is 1. The summed E-state index contributed by atoms with van der Waals surface area (Å²) < 4.78 is 5.71. The van der Waals surface area contributed by atoms with E-state index in [2.05, 4.69) is 51.0 Å². The van der Waals surface area contributed by atoms with Crippen molar-refractivity contribution in [2.45, 2.75) is 45.4 Å². The maximum absolute atomic E-state index is 5.71. The van der Waals surface area contributed by atoms with Gasteiger partial charge >= 0.3 is 0 Å². The van der Waals surface area contributed by atoms with Crippen molar-refractivity contribution in [2.75, 3.05) is 27.7 Å². The third-order valence-corrected chi connectivity index (χ3v) is 5.35. The first kappa shape index (κ1) is 15.6. The Morgan fingerprint density at radius 3 is 2.73 bits per heavy atom. The van der Waals surface area contributed by atoms with Crippen LogP contribution in [0.25, 0.3) is 5.57 Å². The number of rotatable bonds is 4. The smallest absolute Gasteiger partial charge is 0.123 e. The molecule has 1 atom stereocenters. The second-order valence-electron chi connectivity index (χ2n) is 7.91. The van der Waals surface area contributed by atoms with Gasteiger partial charge in [-0.2, -0.15) is 0 Å². The van der Waals surface area contributed by atoms with E-state index in [0.29, 0.717) is 11.3 Å². The molecule has 0 aromatic heterocycles. The van der Waals surface area contributed by atoms with Crippen molar-refractivity contribution < 1.29 is 4.74 Å². The Morgan fingerprint density at radius 2 is 2.05 bits per heavy atom. The molecule has 0 aliphatic heterocycles. The average Bonchev–Trinajstić information content (AvgIpc) is 2.76. The Balaban J connectivity index is 2.04. The van der Waals surface area contributed by atoms with Crippen LogP contribution in [0.5, 0.6) is 5.75 Å². The van der Waals surface area contributed by atoms with Crippen molar-refractivity contribution in [3.05, 3.63) is 34.9 Å². The van der Waals surface area contributed by atoms with Crippen molar-refractivity contribution in [1.29, 1.82) is 0 Å². The molecule has 0 amide bonds. The Labute approximate surface area is 135 Å². The highest BCUT2D eigenvalue weighted by molar-refractivity contribution is 5.81. The molecular formula is C20H29NO. The number of nitrogens with zero attached hydrogens (tertiary/aromatic N) is 1. The van der Waals surface area contributed by atoms with Crippen LogP contribution in [0, 0.1) is 5.41 Å². The summed E-state index contributed by atoms with van der Waals surface area (Å²) >= 11 is 0. The van der Waals surface area contributed by atoms with Crippen LogP contribution in [0.4, 0.5) is 0 Å². The minimum atomic E-state index is 0.435. The van der Waals surface area contributed by atoms with E-state index in [1.165, 1.54) is 36.8 Å². The third-order valence-electron chi connectivity index (χ3n) is 5.35. The fourth-order valence-electron chi connectivity index (χ4n) is 4.20. The summed E-state index contributed by atoms with van der Waals surface area (Å²) in [6, 6.07) is 6.59. The summed E-state index contributed by atoms with van der Waals surface area (Å²) in [5.41, 5.74) is 6.67. The highest BCUT2D eigenvalue weighted by Crippen LogP contribution is 2.56. The highest BCUT2D eigenvalue weighted by Gasteiger charge is 2.39. The standard InChI is InChI=1S/C20H29NO/c1-20(2)11-9-14-15-7-6-8-18(22-5)19(15)16(17(14)13-20)10-12-21(3)4/h6-8,16H,9-13H2,1-5H3. The molecule has 2 nitrogen and oxygen atoms in total. The number of hydrogen-bond acceptors (Lipinski definition) is 2. The average molecular weight is 299 g/mol. The highest BCUT2D eigenvalue weighted by atomic mass is 16.5. The van der Waals surface area contributed by atoms with Crippen LogP contribution < -0.4 is 4.74 Å². The molecule has 120 valence electrons. The Morgan fingerprint density at radius 1 is 1.27 bits per heavy atom. The second kappa shape index (κ2) is 5.73. The Hall–Kier alpha value is -1.28. The summed E-state index contributed by atoms with van der Waals surface area (Å²) in [6.07, 6.45) is 4.94. The van der Waals surface area contributed by atoms with E-state index < -0.39 is 0 Å². The first-order valence-corrected chi connectivity index (χ1v) is 8.47. The number of benzene rings is 1. The summed E-state index contributed by atoms with van der Waals surface area (Å²) in [5.74, 6) is 1.62. The van der Waals surface area contributed by atoms with E-state index in [0.717, 1.165) is 12.3 Å². The Bertz CT molecular complexity index is 598. The molecule has 0 radical (unpaired) electrons. The zero-order valence-electron chi connectivity index (χ0n) is 14.7. The van der Waals surface area contributed by atoms with Crippen molar-refractivity contribution >= 4 is 5.57 Å². The summed E-state index contributed by atoms with van der Waals surface area (Å²) in [4.78, 5) is 2.29. The lowest BCUT2D eigenvalue weighted by Crippen LogP contribution is -2.21. The molecule has 0 bridgehead atoms. The minimum Gasteiger partial charge on any atom is -0.496 e. The number of fused-ring (bicyclic) bond motifs is 2. The van der Waals surface area contributed by atoms with E-state index in [4.69, 9.17) is 4.74 Å². The van der Waals surface area contributed by atoms with Crippen LogP contribution >= 0.6 is 0 Å². The fourth-order valence-corrected chi connectivity index (χ4v) is 4.20. The van der Waals surface area contributed by atoms with Crippen LogP contribution in [0.15, 0.2) is 23.8 Å². The molecule has 2 aliphatic rings. The van der Waals surface area contributed by atoms with Gasteiger partial charge in [0, 0.05) is 11.5 Å². The number of methoxy groups -OCH3 is 1. The number of hydrogen-bond donors (Lipinski definition) is 0. The molecule has 2 heteroatoms. The predicted octanol–water partition coefficient (Wildman–Crippen LogP) is 4.71. The zero-order valence-corrected chi connectivity index (χ0v) is 14.7. The third kappa shape index (κ3) is 2.69. The molecule has 0 fully saturated rings. The van der Waals surface area contributed by atoms with Crippen molar-refractivity contribution in [3.8, 4) is 5.75 Å². The van der Waals surface area contributed by atoms with Gasteiger partial charge in [-0.05, 0) is 68.9 Å². The summed E-state index contributed by atoms with van der Waals surface area (Å²) in [5, 5.41) is 0. The summed E-state index contributed by atoms with van der Waals surface area (Å²) in [6.45, 7) is 5.96. The van der Waals surface area contributed by atoms with E-state index in [1.54, 1.807) is 18.3 Å². The predicted molar refractivity (Wildman–Crippen MR) is 93.5 cm³/mol. The number of allylic oxidation sites excluding steroid dienone is 2. The second-order valence-corrected chi connectivity index (χ2v) is 7.91. The topological polar surface area (TPSA) is 12.5 Å². The molecular weight excluding hydrogens is 270 g/mol. The van der Waals surface area contributed by atoms with E-state index in [-0.39, 0.29) is 0 Å². The molecule has 1 aromatic carbocycles. The van der Waals surface area contributed by atoms with Gasteiger partial charge in [-0.3, -0.25) is 0 Å². The SMILES string of the molecule is COc1cccc2c1C(CCN(C)C)C1=C2CCC(C)(C)C1. The van der Waals surface area contributed by atoms with Gasteiger partial charge in [0.1, 0.15) is 5.75 Å². The lowest BCUT2D eigenvalue weighted by molar-refractivity contribution is 0.312. The van der Waals surface area contributed by atoms with Crippen LogP contribution in [0.3, 0.4) is 0 Å². The van der Waals surface area contributed by atoms with E-state index in [1.807, 2.05) is 0 Å². The van der Waals surface area contributed by atoms with Crippen LogP contribution in [-0.4, -0.2) is 32.6 Å². The fraction of sp³-hybridized carbons (Fsp3) is 0.600. The van der Waals surface area contributed by atoms with Gasteiger partial charge in [0.2, 0.25) is 0 Å². The van der Waals surface area contributed by atoms with Crippen LogP contribution in [0.2, 0.25) is 0 Å². The van der Waals surface area contributed by atoms with Crippen molar-refractivity contribution in [1.82, 2.24) is 4.90 Å². The van der Waals surface area contributed by atoms with Gasteiger partial charge < -0.3 is 9.64 Å². The first-order chi connectivity index (χ1) is 10.4. The molecule has 0 N–H and O–H groups in total. The van der Waals surface area contributed by atoms with E-state index in [9.17, 15) is 0 Å². The molecule has 0 saturated heterocycles. The quantitative estimate of drug-likeness (QED) is 0.798. The molecule has 0 spiro atoms. The monoisotopic (exact) mass is 299 g/mol. The molecule has 3 rings (SSSR count). The van der Waals surface area contributed by atoms with E-state index >= 15 is 0 Å². The molecule has 1 unspecified atom stereocenters. The molecule has 0 saturated carbocycles. The van der Waals surface area contributed by atoms with Gasteiger partial charge in [0.25, 0.3) is 0 Å². The lowest BCUT2D eigenvalue weighted by Gasteiger charge is -2.33. The lowest BCUT2D eigenvalue weighted by atomic mass is 9.72. The van der Waals surface area contributed by atoms with Gasteiger partial charge in [-0.1, -0.05) is 31.6 Å². The van der Waals surface area contributed by atoms with Crippen LogP contribution in [-0.2, 0) is 0 Å². The Kier molecular flexibility index (Phi) is 4.07. The van der Waals surface area contributed by atoms with Crippen molar-refractivity contribution in [3.63, 3.8) is 0 Å². The van der Waals surface area contributed by atoms with Gasteiger partial charge in [0.05, 0.1) is 7.11 Å². The maximum Gasteiger partial charge on any atom is 0.123 e. The van der Waals surface area contributed by atoms with Crippen LogP contribution in [0.1, 0.15) is 56.6 Å². The molecule has 0 heterocycles. The van der Waals surface area contributed by atoms with Gasteiger partial charge in [0.15, 0.2) is 0 Å². The van der Waals surface area contributed by atoms with Gasteiger partial charge in [-0.15, -0.1) is 0 Å². The molecule has 1 aromatic rings. The van der Waals surface area contributed by atoms with Crippen molar-refractivity contribution in [2.24, 2.45) is 5.41 Å². The van der Waals surface area contributed by atoms with Gasteiger partial charge in [-0.25, -0.2) is 0 Å². The molecule has 22 heavy (non-hydrogen) atoms.